The van der Waals surface area contributed by atoms with Crippen molar-refractivity contribution in [2.75, 3.05) is 19.7 Å². The highest BCUT2D eigenvalue weighted by Gasteiger charge is 2.30. The largest absolute Gasteiger partial charge is 0.416 e. The average Bonchev–Trinajstić information content (AvgIpc) is 2.39. The third-order valence-electron chi connectivity index (χ3n) is 3.63. The summed E-state index contributed by atoms with van der Waals surface area (Å²) < 4.78 is 37.8. The molecule has 1 aromatic rings. The molecule has 0 bridgehead atoms. The van der Waals surface area contributed by atoms with E-state index in [1.54, 1.807) is 6.07 Å². The number of nitrogens with zero attached hydrogens (tertiary/aromatic N) is 1. The van der Waals surface area contributed by atoms with E-state index in [-0.39, 0.29) is 6.61 Å². The maximum Gasteiger partial charge on any atom is 0.416 e. The van der Waals surface area contributed by atoms with Crippen LogP contribution in [-0.2, 0) is 12.7 Å². The summed E-state index contributed by atoms with van der Waals surface area (Å²) in [5.74, 6) is 0.345. The van der Waals surface area contributed by atoms with Crippen LogP contribution in [0.5, 0.6) is 0 Å². The zero-order valence-corrected chi connectivity index (χ0v) is 10.7. The number of likely N-dealkylation sites (tertiary alicyclic amines) is 1. The van der Waals surface area contributed by atoms with Gasteiger partial charge in [0.15, 0.2) is 0 Å². The lowest BCUT2D eigenvalue weighted by molar-refractivity contribution is -0.137. The molecule has 5 heteroatoms. The number of benzene rings is 1. The summed E-state index contributed by atoms with van der Waals surface area (Å²) in [5.41, 5.74) is 0.104. The van der Waals surface area contributed by atoms with Crippen LogP contribution in [0.4, 0.5) is 13.2 Å². The zero-order valence-electron chi connectivity index (χ0n) is 10.7. The second kappa shape index (κ2) is 5.92. The summed E-state index contributed by atoms with van der Waals surface area (Å²) >= 11 is 0. The van der Waals surface area contributed by atoms with Crippen LogP contribution in [0.3, 0.4) is 0 Å². The van der Waals surface area contributed by atoms with Crippen molar-refractivity contribution in [1.29, 1.82) is 0 Å². The van der Waals surface area contributed by atoms with Crippen LogP contribution < -0.4 is 0 Å². The fourth-order valence-electron chi connectivity index (χ4n) is 2.43. The van der Waals surface area contributed by atoms with Gasteiger partial charge in [-0.15, -0.1) is 0 Å². The van der Waals surface area contributed by atoms with E-state index in [9.17, 15) is 13.2 Å². The van der Waals surface area contributed by atoms with Crippen molar-refractivity contribution in [3.8, 4) is 0 Å². The Balaban J connectivity index is 1.97. The minimum Gasteiger partial charge on any atom is -0.396 e. The lowest BCUT2D eigenvalue weighted by Gasteiger charge is -2.31. The minimum absolute atomic E-state index is 0.206. The molecule has 1 N–H and O–H groups in total. The summed E-state index contributed by atoms with van der Waals surface area (Å²) in [5, 5.41) is 9.05. The molecule has 0 aliphatic carbocycles. The van der Waals surface area contributed by atoms with Crippen molar-refractivity contribution < 1.29 is 18.3 Å². The molecule has 1 aliphatic heterocycles. The Morgan fingerprint density at radius 3 is 2.47 bits per heavy atom. The molecular weight excluding hydrogens is 255 g/mol. The first-order valence-electron chi connectivity index (χ1n) is 6.48. The highest BCUT2D eigenvalue weighted by molar-refractivity contribution is 5.25. The first-order valence-corrected chi connectivity index (χ1v) is 6.48. The van der Waals surface area contributed by atoms with E-state index < -0.39 is 11.7 Å². The Bertz CT molecular complexity index is 411. The molecule has 1 aromatic carbocycles. The fraction of sp³-hybridized carbons (Fsp3) is 0.571. The van der Waals surface area contributed by atoms with E-state index in [1.807, 2.05) is 0 Å². The van der Waals surface area contributed by atoms with Crippen molar-refractivity contribution >= 4 is 0 Å². The van der Waals surface area contributed by atoms with Gasteiger partial charge >= 0.3 is 6.18 Å². The summed E-state index contributed by atoms with van der Waals surface area (Å²) in [6, 6.07) is 5.51. The second-order valence-corrected chi connectivity index (χ2v) is 5.10. The predicted molar refractivity (Wildman–Crippen MR) is 66.5 cm³/mol. The number of hydrogen-bond acceptors (Lipinski definition) is 2. The van der Waals surface area contributed by atoms with Crippen molar-refractivity contribution in [1.82, 2.24) is 4.90 Å². The van der Waals surface area contributed by atoms with Crippen molar-refractivity contribution in [3.63, 3.8) is 0 Å². The molecule has 2 nitrogen and oxygen atoms in total. The molecule has 0 saturated carbocycles. The van der Waals surface area contributed by atoms with Crippen LogP contribution in [-0.4, -0.2) is 29.7 Å². The van der Waals surface area contributed by atoms with Gasteiger partial charge in [0.25, 0.3) is 0 Å². The number of piperidine rings is 1. The van der Waals surface area contributed by atoms with Crippen LogP contribution in [0, 0.1) is 5.92 Å². The Labute approximate surface area is 110 Å². The Hall–Kier alpha value is -1.07. The minimum atomic E-state index is -4.28. The van der Waals surface area contributed by atoms with Crippen LogP contribution in [0.15, 0.2) is 24.3 Å². The lowest BCUT2D eigenvalue weighted by atomic mass is 9.97. The highest BCUT2D eigenvalue weighted by atomic mass is 19.4. The number of alkyl halides is 3. The maximum atomic E-state index is 12.6. The number of aliphatic hydroxyl groups is 1. The van der Waals surface area contributed by atoms with Gasteiger partial charge in [-0.25, -0.2) is 0 Å². The molecule has 0 radical (unpaired) electrons. The standard InChI is InChI=1S/C14H18F3NO/c15-14(16,17)13-3-1-2-12(8-13)9-18-6-4-11(10-19)5-7-18/h1-3,8,11,19H,4-7,9-10H2. The number of halogens is 3. The Morgan fingerprint density at radius 1 is 1.21 bits per heavy atom. The number of aliphatic hydroxyl groups excluding tert-OH is 1. The van der Waals surface area contributed by atoms with Gasteiger partial charge in [0.05, 0.1) is 5.56 Å². The van der Waals surface area contributed by atoms with E-state index in [2.05, 4.69) is 4.90 Å². The SMILES string of the molecule is OCC1CCN(Cc2cccc(C(F)(F)F)c2)CC1. The predicted octanol–water partition coefficient (Wildman–Crippen LogP) is 2.91. The fourth-order valence-corrected chi connectivity index (χ4v) is 2.43. The first-order chi connectivity index (χ1) is 8.99. The summed E-state index contributed by atoms with van der Waals surface area (Å²) in [7, 11) is 0. The van der Waals surface area contributed by atoms with E-state index in [0.717, 1.165) is 32.0 Å². The van der Waals surface area contributed by atoms with Crippen molar-refractivity contribution in [3.05, 3.63) is 35.4 Å². The number of rotatable bonds is 3. The van der Waals surface area contributed by atoms with Crippen LogP contribution >= 0.6 is 0 Å². The molecule has 0 unspecified atom stereocenters. The molecule has 0 spiro atoms. The molecule has 1 saturated heterocycles. The van der Waals surface area contributed by atoms with Gasteiger partial charge in [0.1, 0.15) is 0 Å². The maximum absolute atomic E-state index is 12.6. The van der Waals surface area contributed by atoms with E-state index in [0.29, 0.717) is 18.0 Å². The van der Waals surface area contributed by atoms with E-state index in [1.165, 1.54) is 12.1 Å². The van der Waals surface area contributed by atoms with Crippen LogP contribution in [0.25, 0.3) is 0 Å². The zero-order chi connectivity index (χ0) is 13.9. The summed E-state index contributed by atoms with van der Waals surface area (Å²) in [6.45, 7) is 2.42. The molecule has 0 aromatic heterocycles. The van der Waals surface area contributed by atoms with Crippen LogP contribution in [0.1, 0.15) is 24.0 Å². The van der Waals surface area contributed by atoms with Gasteiger partial charge in [-0.2, -0.15) is 13.2 Å². The quantitative estimate of drug-likeness (QED) is 0.915. The molecule has 1 fully saturated rings. The van der Waals surface area contributed by atoms with Crippen molar-refractivity contribution in [2.45, 2.75) is 25.6 Å². The van der Waals surface area contributed by atoms with E-state index in [4.69, 9.17) is 5.11 Å². The third-order valence-corrected chi connectivity index (χ3v) is 3.63. The van der Waals surface area contributed by atoms with Gasteiger partial charge in [0, 0.05) is 13.2 Å². The molecule has 106 valence electrons. The molecule has 19 heavy (non-hydrogen) atoms. The first kappa shape index (κ1) is 14.3. The summed E-state index contributed by atoms with van der Waals surface area (Å²) in [4.78, 5) is 2.14. The van der Waals surface area contributed by atoms with Gasteiger partial charge in [-0.05, 0) is 43.5 Å². The van der Waals surface area contributed by atoms with Crippen molar-refractivity contribution in [2.24, 2.45) is 5.92 Å². The molecule has 1 heterocycles. The smallest absolute Gasteiger partial charge is 0.396 e. The number of hydrogen-bond donors (Lipinski definition) is 1. The van der Waals surface area contributed by atoms with E-state index >= 15 is 0 Å². The molecular formula is C14H18F3NO. The Morgan fingerprint density at radius 2 is 1.89 bits per heavy atom. The molecule has 2 rings (SSSR count). The average molecular weight is 273 g/mol. The van der Waals surface area contributed by atoms with Gasteiger partial charge < -0.3 is 5.11 Å². The topological polar surface area (TPSA) is 23.5 Å². The van der Waals surface area contributed by atoms with Crippen LogP contribution in [0.2, 0.25) is 0 Å². The van der Waals surface area contributed by atoms with Gasteiger partial charge in [-0.1, -0.05) is 18.2 Å². The lowest BCUT2D eigenvalue weighted by Crippen LogP contribution is -2.34. The molecule has 0 amide bonds. The highest BCUT2D eigenvalue weighted by Crippen LogP contribution is 2.30. The second-order valence-electron chi connectivity index (χ2n) is 5.10. The Kier molecular flexibility index (Phi) is 4.47. The van der Waals surface area contributed by atoms with Gasteiger partial charge in [-0.3, -0.25) is 4.90 Å². The molecule has 0 atom stereocenters. The monoisotopic (exact) mass is 273 g/mol. The van der Waals surface area contributed by atoms with Gasteiger partial charge in [0.2, 0.25) is 0 Å². The normalized spacial score (nSPS) is 18.7. The third kappa shape index (κ3) is 3.94. The summed E-state index contributed by atoms with van der Waals surface area (Å²) in [6.07, 6.45) is -2.45. The molecule has 1 aliphatic rings.